The molecule has 4 rings (SSSR count). The summed E-state index contributed by atoms with van der Waals surface area (Å²) in [6.07, 6.45) is 1.75. The molecular weight excluding hydrogens is 374 g/mol. The molecule has 3 aromatic rings. The second-order valence-corrected chi connectivity index (χ2v) is 7.61. The molecule has 1 aliphatic heterocycles. The van der Waals surface area contributed by atoms with Gasteiger partial charge in [-0.15, -0.1) is 0 Å². The van der Waals surface area contributed by atoms with Gasteiger partial charge in [0.25, 0.3) is 5.91 Å². The number of carbonyl (C=O) groups is 1. The van der Waals surface area contributed by atoms with Crippen molar-refractivity contribution in [3.05, 3.63) is 65.4 Å². The largest absolute Gasteiger partial charge is 0.462 e. The molecule has 0 spiro atoms. The first-order chi connectivity index (χ1) is 13.6. The number of likely N-dealkylation sites (N-methyl/N-ethyl adjacent to an activating group) is 1. The van der Waals surface area contributed by atoms with Crippen molar-refractivity contribution in [3.63, 3.8) is 0 Å². The minimum Gasteiger partial charge on any atom is -0.462 e. The van der Waals surface area contributed by atoms with Gasteiger partial charge in [0, 0.05) is 62.3 Å². The SMILES string of the molecule is CN(CCN1CCN(c2cccc3ccoc23)CC1)C(=O)c1ccc(Cl)cc1. The van der Waals surface area contributed by atoms with E-state index in [4.69, 9.17) is 16.0 Å². The van der Waals surface area contributed by atoms with E-state index in [1.807, 2.05) is 13.1 Å². The Morgan fingerprint density at radius 2 is 1.82 bits per heavy atom. The molecule has 1 saturated heterocycles. The van der Waals surface area contributed by atoms with Crippen molar-refractivity contribution in [2.24, 2.45) is 0 Å². The maximum absolute atomic E-state index is 12.5. The van der Waals surface area contributed by atoms with Gasteiger partial charge < -0.3 is 14.2 Å². The molecule has 1 fully saturated rings. The third-order valence-corrected chi connectivity index (χ3v) is 5.61. The Kier molecular flexibility index (Phi) is 5.55. The lowest BCUT2D eigenvalue weighted by Gasteiger charge is -2.36. The Morgan fingerprint density at radius 3 is 2.57 bits per heavy atom. The smallest absolute Gasteiger partial charge is 0.253 e. The van der Waals surface area contributed by atoms with E-state index in [2.05, 4.69) is 28.0 Å². The number of rotatable bonds is 5. The van der Waals surface area contributed by atoms with Gasteiger partial charge in [0.2, 0.25) is 0 Å². The van der Waals surface area contributed by atoms with Crippen LogP contribution in [0.25, 0.3) is 11.0 Å². The Labute approximate surface area is 170 Å². The molecule has 0 N–H and O–H groups in total. The topological polar surface area (TPSA) is 39.9 Å². The van der Waals surface area contributed by atoms with Crippen molar-refractivity contribution in [3.8, 4) is 0 Å². The van der Waals surface area contributed by atoms with Gasteiger partial charge in [0.15, 0.2) is 5.58 Å². The number of carbonyl (C=O) groups excluding carboxylic acids is 1. The highest BCUT2D eigenvalue weighted by atomic mass is 35.5. The maximum atomic E-state index is 12.5. The van der Waals surface area contributed by atoms with Crippen LogP contribution in [0.15, 0.2) is 59.2 Å². The van der Waals surface area contributed by atoms with E-state index >= 15 is 0 Å². The van der Waals surface area contributed by atoms with Crippen LogP contribution in [-0.2, 0) is 0 Å². The molecule has 28 heavy (non-hydrogen) atoms. The lowest BCUT2D eigenvalue weighted by Crippen LogP contribution is -2.48. The standard InChI is InChI=1S/C22H24ClN3O2/c1-24(22(27)18-5-7-19(23)8-6-18)10-11-25-12-14-26(15-13-25)20-4-2-3-17-9-16-28-21(17)20/h2-9,16H,10-15H2,1H3. The van der Waals surface area contributed by atoms with Gasteiger partial charge in [0.1, 0.15) is 0 Å². The van der Waals surface area contributed by atoms with Crippen LogP contribution >= 0.6 is 11.6 Å². The van der Waals surface area contributed by atoms with E-state index in [-0.39, 0.29) is 5.91 Å². The summed E-state index contributed by atoms with van der Waals surface area (Å²) in [5.41, 5.74) is 2.80. The highest BCUT2D eigenvalue weighted by molar-refractivity contribution is 6.30. The number of hydrogen-bond acceptors (Lipinski definition) is 4. The molecule has 6 heteroatoms. The molecule has 2 heterocycles. The molecular formula is C22H24ClN3O2. The van der Waals surface area contributed by atoms with Crippen LogP contribution in [0.3, 0.4) is 0 Å². The van der Waals surface area contributed by atoms with E-state index in [1.54, 1.807) is 35.4 Å². The summed E-state index contributed by atoms with van der Waals surface area (Å²) in [5.74, 6) is 0.0276. The van der Waals surface area contributed by atoms with Crippen molar-refractivity contribution >= 4 is 34.2 Å². The van der Waals surface area contributed by atoms with Crippen LogP contribution in [0.5, 0.6) is 0 Å². The number of piperazine rings is 1. The summed E-state index contributed by atoms with van der Waals surface area (Å²) in [7, 11) is 1.85. The second-order valence-electron chi connectivity index (χ2n) is 7.18. The monoisotopic (exact) mass is 397 g/mol. The Bertz CT molecular complexity index is 946. The summed E-state index contributed by atoms with van der Waals surface area (Å²) in [6, 6.07) is 15.3. The average Bonchev–Trinajstić information content (AvgIpc) is 3.21. The summed E-state index contributed by atoms with van der Waals surface area (Å²) in [5, 5.41) is 1.78. The van der Waals surface area contributed by atoms with Crippen molar-refractivity contribution < 1.29 is 9.21 Å². The molecule has 5 nitrogen and oxygen atoms in total. The van der Waals surface area contributed by atoms with Gasteiger partial charge >= 0.3 is 0 Å². The second kappa shape index (κ2) is 8.25. The molecule has 146 valence electrons. The van der Waals surface area contributed by atoms with E-state index in [1.165, 1.54) is 0 Å². The zero-order chi connectivity index (χ0) is 19.5. The Balaban J connectivity index is 1.29. The van der Waals surface area contributed by atoms with Crippen molar-refractivity contribution in [2.75, 3.05) is 51.2 Å². The number of benzene rings is 2. The number of halogens is 1. The number of furan rings is 1. The third-order valence-electron chi connectivity index (χ3n) is 5.36. The lowest BCUT2D eigenvalue weighted by atomic mass is 10.2. The van der Waals surface area contributed by atoms with Gasteiger partial charge in [-0.3, -0.25) is 9.69 Å². The lowest BCUT2D eigenvalue weighted by molar-refractivity contribution is 0.0776. The van der Waals surface area contributed by atoms with Gasteiger partial charge in [0.05, 0.1) is 12.0 Å². The van der Waals surface area contributed by atoms with Crippen LogP contribution in [0, 0.1) is 0 Å². The van der Waals surface area contributed by atoms with E-state index in [0.29, 0.717) is 17.1 Å². The molecule has 1 aliphatic rings. The predicted octanol–water partition coefficient (Wildman–Crippen LogP) is 3.98. The van der Waals surface area contributed by atoms with Crippen LogP contribution in [-0.4, -0.2) is 62.0 Å². The predicted molar refractivity (Wildman–Crippen MR) is 113 cm³/mol. The van der Waals surface area contributed by atoms with Gasteiger partial charge in [-0.25, -0.2) is 0 Å². The zero-order valence-corrected chi connectivity index (χ0v) is 16.7. The van der Waals surface area contributed by atoms with Gasteiger partial charge in [-0.2, -0.15) is 0 Å². The summed E-state index contributed by atoms with van der Waals surface area (Å²) in [6.45, 7) is 5.42. The zero-order valence-electron chi connectivity index (χ0n) is 16.0. The van der Waals surface area contributed by atoms with Crippen LogP contribution in [0.2, 0.25) is 5.02 Å². The number of amides is 1. The van der Waals surface area contributed by atoms with Crippen molar-refractivity contribution in [1.82, 2.24) is 9.80 Å². The molecule has 1 amide bonds. The van der Waals surface area contributed by atoms with Crippen LogP contribution in [0.1, 0.15) is 10.4 Å². The minimum atomic E-state index is 0.0276. The highest BCUT2D eigenvalue weighted by Gasteiger charge is 2.20. The van der Waals surface area contributed by atoms with Crippen molar-refractivity contribution in [2.45, 2.75) is 0 Å². The molecule has 0 radical (unpaired) electrons. The number of hydrogen-bond donors (Lipinski definition) is 0. The minimum absolute atomic E-state index is 0.0276. The average molecular weight is 398 g/mol. The first-order valence-electron chi connectivity index (χ1n) is 9.56. The number of anilines is 1. The first-order valence-corrected chi connectivity index (χ1v) is 9.94. The Hall–Kier alpha value is -2.50. The van der Waals surface area contributed by atoms with Gasteiger partial charge in [-0.1, -0.05) is 23.7 Å². The third kappa shape index (κ3) is 4.01. The fraction of sp³-hybridized carbons (Fsp3) is 0.318. The molecule has 0 saturated carbocycles. The molecule has 0 aliphatic carbocycles. The summed E-state index contributed by atoms with van der Waals surface area (Å²) in [4.78, 5) is 19.1. The quantitative estimate of drug-likeness (QED) is 0.652. The van der Waals surface area contributed by atoms with Crippen LogP contribution < -0.4 is 4.90 Å². The highest BCUT2D eigenvalue weighted by Crippen LogP contribution is 2.28. The fourth-order valence-corrected chi connectivity index (χ4v) is 3.77. The first kappa shape index (κ1) is 18.8. The number of nitrogens with zero attached hydrogens (tertiary/aromatic N) is 3. The molecule has 0 atom stereocenters. The molecule has 0 unspecified atom stereocenters. The fourth-order valence-electron chi connectivity index (χ4n) is 3.64. The number of para-hydroxylation sites is 1. The molecule has 1 aromatic heterocycles. The maximum Gasteiger partial charge on any atom is 0.253 e. The number of fused-ring (bicyclic) bond motifs is 1. The normalized spacial score (nSPS) is 15.1. The van der Waals surface area contributed by atoms with Crippen molar-refractivity contribution in [1.29, 1.82) is 0 Å². The van der Waals surface area contributed by atoms with Gasteiger partial charge in [-0.05, 0) is 36.4 Å². The molecule has 2 aromatic carbocycles. The van der Waals surface area contributed by atoms with E-state index < -0.39 is 0 Å². The van der Waals surface area contributed by atoms with E-state index in [9.17, 15) is 4.79 Å². The Morgan fingerprint density at radius 1 is 1.07 bits per heavy atom. The molecule has 0 bridgehead atoms. The summed E-state index contributed by atoms with van der Waals surface area (Å²) < 4.78 is 5.68. The van der Waals surface area contributed by atoms with E-state index in [0.717, 1.165) is 49.4 Å². The van der Waals surface area contributed by atoms with Crippen LogP contribution in [0.4, 0.5) is 5.69 Å². The summed E-state index contributed by atoms with van der Waals surface area (Å²) >= 11 is 5.90.